The Bertz CT molecular complexity index is 1060. The predicted octanol–water partition coefficient (Wildman–Crippen LogP) is 3.60. The lowest BCUT2D eigenvalue weighted by atomic mass is 10.0. The van der Waals surface area contributed by atoms with Gasteiger partial charge in [-0.05, 0) is 29.1 Å². The third kappa shape index (κ3) is 5.12. The summed E-state index contributed by atoms with van der Waals surface area (Å²) in [6.45, 7) is 0. The molecule has 2 N–H and O–H groups in total. The number of fused-ring (bicyclic) bond motifs is 1. The van der Waals surface area contributed by atoms with E-state index >= 15 is 0 Å². The lowest BCUT2D eigenvalue weighted by Gasteiger charge is -2.18. The molecule has 27 heavy (non-hydrogen) atoms. The summed E-state index contributed by atoms with van der Waals surface area (Å²) in [5.41, 5.74) is 1.16. The van der Waals surface area contributed by atoms with E-state index < -0.39 is 21.9 Å². The molecule has 1 amide bonds. The number of anilines is 1. The van der Waals surface area contributed by atoms with Gasteiger partial charge >= 0.3 is 0 Å². The number of carbonyl (C=O) groups excluding carboxylic acids is 1. The van der Waals surface area contributed by atoms with Crippen LogP contribution >= 0.6 is 0 Å². The first-order valence-electron chi connectivity index (χ1n) is 8.32. The molecule has 0 aliphatic carbocycles. The van der Waals surface area contributed by atoms with E-state index in [0.29, 0.717) is 11.3 Å². The highest BCUT2D eigenvalue weighted by Crippen LogP contribution is 2.24. The van der Waals surface area contributed by atoms with Crippen molar-refractivity contribution in [1.29, 1.82) is 0 Å². The van der Waals surface area contributed by atoms with Crippen LogP contribution in [0.2, 0.25) is 0 Å². The molecular formula is C20H19FN2O3S. The second-order valence-corrected chi connectivity index (χ2v) is 8.05. The molecule has 1 unspecified atom stereocenters. The molecule has 0 aromatic heterocycles. The summed E-state index contributed by atoms with van der Waals surface area (Å²) in [5, 5.41) is 4.71. The highest BCUT2D eigenvalue weighted by atomic mass is 32.2. The molecule has 3 aromatic carbocycles. The van der Waals surface area contributed by atoms with Crippen LogP contribution in [0.25, 0.3) is 10.8 Å². The normalized spacial score (nSPS) is 12.7. The van der Waals surface area contributed by atoms with Crippen LogP contribution in [-0.4, -0.2) is 20.6 Å². The van der Waals surface area contributed by atoms with Crippen LogP contribution < -0.4 is 10.0 Å². The van der Waals surface area contributed by atoms with Crippen LogP contribution in [0, 0.1) is 5.82 Å². The van der Waals surface area contributed by atoms with Gasteiger partial charge in [-0.1, -0.05) is 48.5 Å². The molecule has 0 saturated heterocycles. The van der Waals surface area contributed by atoms with Crippen molar-refractivity contribution in [3.05, 3.63) is 78.1 Å². The molecule has 0 bridgehead atoms. The lowest BCUT2D eigenvalue weighted by Crippen LogP contribution is -2.30. The molecule has 0 aliphatic rings. The Kier molecular flexibility index (Phi) is 5.53. The third-order valence-corrected chi connectivity index (χ3v) is 4.79. The molecule has 0 spiro atoms. The zero-order valence-electron chi connectivity index (χ0n) is 14.6. The van der Waals surface area contributed by atoms with Crippen LogP contribution in [-0.2, 0) is 14.8 Å². The standard InChI is InChI=1S/C20H19FN2O3S/c1-27(25,26)23-19(15-9-11-16(21)12-10-15)13-20(24)22-18-8-4-6-14-5-2-3-7-17(14)18/h2-12,19,23H,13H2,1H3,(H,22,24). The van der Waals surface area contributed by atoms with Crippen molar-refractivity contribution in [3.63, 3.8) is 0 Å². The first-order valence-corrected chi connectivity index (χ1v) is 10.2. The van der Waals surface area contributed by atoms with Gasteiger partial charge in [-0.3, -0.25) is 4.79 Å². The Labute approximate surface area is 157 Å². The van der Waals surface area contributed by atoms with E-state index in [1.165, 1.54) is 24.3 Å². The third-order valence-electron chi connectivity index (χ3n) is 4.08. The van der Waals surface area contributed by atoms with Gasteiger partial charge in [0.15, 0.2) is 0 Å². The fourth-order valence-electron chi connectivity index (χ4n) is 2.90. The van der Waals surface area contributed by atoms with E-state index in [-0.39, 0.29) is 12.3 Å². The Morgan fingerprint density at radius 1 is 1.00 bits per heavy atom. The van der Waals surface area contributed by atoms with Crippen molar-refractivity contribution in [1.82, 2.24) is 4.72 Å². The Morgan fingerprint density at radius 3 is 2.37 bits per heavy atom. The molecule has 0 saturated carbocycles. The minimum Gasteiger partial charge on any atom is -0.325 e. The van der Waals surface area contributed by atoms with Gasteiger partial charge in [0, 0.05) is 17.5 Å². The van der Waals surface area contributed by atoms with Crippen LogP contribution in [0.15, 0.2) is 66.7 Å². The van der Waals surface area contributed by atoms with Gasteiger partial charge in [-0.25, -0.2) is 17.5 Å². The first kappa shape index (κ1) is 19.0. The SMILES string of the molecule is CS(=O)(=O)NC(CC(=O)Nc1cccc2ccccc12)c1ccc(F)cc1. The molecule has 0 radical (unpaired) electrons. The maximum absolute atomic E-state index is 13.2. The summed E-state index contributed by atoms with van der Waals surface area (Å²) in [6, 6.07) is 17.8. The zero-order chi connectivity index (χ0) is 19.4. The van der Waals surface area contributed by atoms with E-state index in [9.17, 15) is 17.6 Å². The molecule has 5 nitrogen and oxygen atoms in total. The fraction of sp³-hybridized carbons (Fsp3) is 0.150. The fourth-order valence-corrected chi connectivity index (χ4v) is 3.64. The Morgan fingerprint density at radius 2 is 1.67 bits per heavy atom. The quantitative estimate of drug-likeness (QED) is 0.680. The molecule has 0 heterocycles. The van der Waals surface area contributed by atoms with Gasteiger partial charge in [0.05, 0.1) is 12.3 Å². The second kappa shape index (κ2) is 7.85. The van der Waals surface area contributed by atoms with Gasteiger partial charge in [0.2, 0.25) is 15.9 Å². The number of nitrogens with one attached hydrogen (secondary N) is 2. The van der Waals surface area contributed by atoms with E-state index in [0.717, 1.165) is 17.0 Å². The molecule has 7 heteroatoms. The van der Waals surface area contributed by atoms with E-state index in [1.54, 1.807) is 6.07 Å². The Hall–Kier alpha value is -2.77. The van der Waals surface area contributed by atoms with Gasteiger partial charge in [0.25, 0.3) is 0 Å². The Balaban J connectivity index is 1.82. The first-order chi connectivity index (χ1) is 12.8. The number of carbonyl (C=O) groups is 1. The topological polar surface area (TPSA) is 75.3 Å². The summed E-state index contributed by atoms with van der Waals surface area (Å²) in [5.74, 6) is -0.783. The largest absolute Gasteiger partial charge is 0.325 e. The van der Waals surface area contributed by atoms with Crippen LogP contribution in [0.3, 0.4) is 0 Å². The summed E-state index contributed by atoms with van der Waals surface area (Å²) in [6.07, 6.45) is 0.897. The molecule has 3 rings (SSSR count). The summed E-state index contributed by atoms with van der Waals surface area (Å²) < 4.78 is 39.0. The average Bonchev–Trinajstić information content (AvgIpc) is 2.61. The van der Waals surface area contributed by atoms with E-state index in [1.807, 2.05) is 36.4 Å². The highest BCUT2D eigenvalue weighted by molar-refractivity contribution is 7.88. The van der Waals surface area contributed by atoms with Crippen LogP contribution in [0.5, 0.6) is 0 Å². The van der Waals surface area contributed by atoms with Crippen molar-refractivity contribution < 1.29 is 17.6 Å². The van der Waals surface area contributed by atoms with E-state index in [4.69, 9.17) is 0 Å². The maximum atomic E-state index is 13.2. The number of benzene rings is 3. The van der Waals surface area contributed by atoms with Gasteiger partial charge in [-0.15, -0.1) is 0 Å². The summed E-state index contributed by atoms with van der Waals surface area (Å²) >= 11 is 0. The van der Waals surface area contributed by atoms with Crippen LogP contribution in [0.4, 0.5) is 10.1 Å². The predicted molar refractivity (Wildman–Crippen MR) is 104 cm³/mol. The number of amides is 1. The zero-order valence-corrected chi connectivity index (χ0v) is 15.5. The van der Waals surface area contributed by atoms with Crippen molar-refractivity contribution in [3.8, 4) is 0 Å². The molecule has 3 aromatic rings. The van der Waals surface area contributed by atoms with Gasteiger partial charge in [0.1, 0.15) is 5.82 Å². The van der Waals surface area contributed by atoms with Gasteiger partial charge < -0.3 is 5.32 Å². The van der Waals surface area contributed by atoms with Crippen molar-refractivity contribution in [2.24, 2.45) is 0 Å². The van der Waals surface area contributed by atoms with Crippen molar-refractivity contribution in [2.75, 3.05) is 11.6 Å². The number of rotatable bonds is 6. The van der Waals surface area contributed by atoms with E-state index in [2.05, 4.69) is 10.0 Å². The van der Waals surface area contributed by atoms with Gasteiger partial charge in [-0.2, -0.15) is 0 Å². The molecule has 140 valence electrons. The summed E-state index contributed by atoms with van der Waals surface area (Å²) in [4.78, 5) is 12.6. The van der Waals surface area contributed by atoms with Crippen LogP contribution in [0.1, 0.15) is 18.0 Å². The molecule has 1 atom stereocenters. The highest BCUT2D eigenvalue weighted by Gasteiger charge is 2.20. The monoisotopic (exact) mass is 386 g/mol. The van der Waals surface area contributed by atoms with Crippen molar-refractivity contribution >= 4 is 32.4 Å². The molecule has 0 fully saturated rings. The smallest absolute Gasteiger partial charge is 0.226 e. The number of hydrogen-bond donors (Lipinski definition) is 2. The minimum absolute atomic E-state index is 0.123. The number of sulfonamides is 1. The number of hydrogen-bond acceptors (Lipinski definition) is 3. The number of halogens is 1. The minimum atomic E-state index is -3.56. The summed E-state index contributed by atoms with van der Waals surface area (Å²) in [7, 11) is -3.56. The van der Waals surface area contributed by atoms with Crippen molar-refractivity contribution in [2.45, 2.75) is 12.5 Å². The average molecular weight is 386 g/mol. The lowest BCUT2D eigenvalue weighted by molar-refractivity contribution is -0.116. The molecule has 0 aliphatic heterocycles. The second-order valence-electron chi connectivity index (χ2n) is 6.27. The maximum Gasteiger partial charge on any atom is 0.226 e. The molecular weight excluding hydrogens is 367 g/mol.